The second-order valence-electron chi connectivity index (χ2n) is 5.09. The van der Waals surface area contributed by atoms with E-state index in [1.807, 2.05) is 54.5 Å². The van der Waals surface area contributed by atoms with Crippen LogP contribution in [0.2, 0.25) is 0 Å². The first-order chi connectivity index (χ1) is 11.3. The fourth-order valence-electron chi connectivity index (χ4n) is 2.19. The number of anilines is 1. The van der Waals surface area contributed by atoms with E-state index in [1.165, 1.54) is 0 Å². The standard InChI is InChI=1S/C17H17N5O/c1-22(12-13-4-3-9-18-10-13)17-20-16(11-19-21-17)14-5-7-15(23-2)8-6-14/h3-11H,12H2,1-2H3. The fourth-order valence-corrected chi connectivity index (χ4v) is 2.19. The summed E-state index contributed by atoms with van der Waals surface area (Å²) in [5.74, 6) is 1.38. The smallest absolute Gasteiger partial charge is 0.245 e. The van der Waals surface area contributed by atoms with Gasteiger partial charge in [-0.25, -0.2) is 4.98 Å². The minimum atomic E-state index is 0.571. The van der Waals surface area contributed by atoms with Crippen LogP contribution in [0.3, 0.4) is 0 Å². The molecule has 0 fully saturated rings. The molecule has 1 aromatic carbocycles. The maximum Gasteiger partial charge on any atom is 0.245 e. The molecule has 2 heterocycles. The van der Waals surface area contributed by atoms with Gasteiger partial charge in [0.15, 0.2) is 0 Å². The normalized spacial score (nSPS) is 10.3. The van der Waals surface area contributed by atoms with E-state index < -0.39 is 0 Å². The van der Waals surface area contributed by atoms with Crippen molar-refractivity contribution in [1.29, 1.82) is 0 Å². The van der Waals surface area contributed by atoms with Gasteiger partial charge in [-0.3, -0.25) is 4.98 Å². The Labute approximate surface area is 134 Å². The van der Waals surface area contributed by atoms with Crippen LogP contribution in [0.15, 0.2) is 55.0 Å². The van der Waals surface area contributed by atoms with E-state index >= 15 is 0 Å². The van der Waals surface area contributed by atoms with Crippen molar-refractivity contribution in [2.75, 3.05) is 19.1 Å². The molecule has 2 aromatic heterocycles. The summed E-state index contributed by atoms with van der Waals surface area (Å²) in [5, 5.41) is 8.18. The minimum absolute atomic E-state index is 0.571. The molecule has 0 N–H and O–H groups in total. The van der Waals surface area contributed by atoms with Crippen molar-refractivity contribution in [1.82, 2.24) is 20.2 Å². The number of hydrogen-bond donors (Lipinski definition) is 0. The molecule has 6 heteroatoms. The van der Waals surface area contributed by atoms with Crippen LogP contribution in [0, 0.1) is 0 Å². The Morgan fingerprint density at radius 1 is 1.09 bits per heavy atom. The van der Waals surface area contributed by atoms with Crippen LogP contribution >= 0.6 is 0 Å². The number of hydrogen-bond acceptors (Lipinski definition) is 6. The van der Waals surface area contributed by atoms with Crippen LogP contribution in [0.1, 0.15) is 5.56 Å². The Morgan fingerprint density at radius 3 is 2.61 bits per heavy atom. The minimum Gasteiger partial charge on any atom is -0.497 e. The highest BCUT2D eigenvalue weighted by Crippen LogP contribution is 2.21. The van der Waals surface area contributed by atoms with Crippen molar-refractivity contribution in [3.8, 4) is 17.0 Å². The summed E-state index contributed by atoms with van der Waals surface area (Å²) in [6, 6.07) is 11.6. The number of nitrogens with zero attached hydrogens (tertiary/aromatic N) is 5. The lowest BCUT2D eigenvalue weighted by Crippen LogP contribution is -2.19. The number of rotatable bonds is 5. The van der Waals surface area contributed by atoms with Gasteiger partial charge in [0.1, 0.15) is 5.75 Å². The Bertz CT molecular complexity index is 761. The van der Waals surface area contributed by atoms with Gasteiger partial charge in [0, 0.05) is 31.5 Å². The molecule has 116 valence electrons. The SMILES string of the molecule is COc1ccc(-c2cnnc(N(C)Cc3cccnc3)n2)cc1. The molecule has 0 saturated carbocycles. The molecular weight excluding hydrogens is 290 g/mol. The van der Waals surface area contributed by atoms with E-state index in [4.69, 9.17) is 4.74 Å². The Kier molecular flexibility index (Phi) is 4.42. The molecule has 0 amide bonds. The molecule has 0 bridgehead atoms. The first-order valence-electron chi connectivity index (χ1n) is 7.20. The van der Waals surface area contributed by atoms with Crippen molar-refractivity contribution in [3.63, 3.8) is 0 Å². The van der Waals surface area contributed by atoms with E-state index in [1.54, 1.807) is 19.5 Å². The third kappa shape index (κ3) is 3.60. The van der Waals surface area contributed by atoms with Gasteiger partial charge in [0.25, 0.3) is 0 Å². The Hall–Kier alpha value is -3.02. The second kappa shape index (κ2) is 6.83. The topological polar surface area (TPSA) is 64.0 Å². The number of aromatic nitrogens is 4. The average molecular weight is 307 g/mol. The van der Waals surface area contributed by atoms with E-state index in [2.05, 4.69) is 20.2 Å². The average Bonchev–Trinajstić information content (AvgIpc) is 2.63. The zero-order valence-corrected chi connectivity index (χ0v) is 13.0. The van der Waals surface area contributed by atoms with Gasteiger partial charge in [-0.2, -0.15) is 5.10 Å². The van der Waals surface area contributed by atoms with Gasteiger partial charge >= 0.3 is 0 Å². The van der Waals surface area contributed by atoms with Crippen LogP contribution in [0.5, 0.6) is 5.75 Å². The largest absolute Gasteiger partial charge is 0.497 e. The van der Waals surface area contributed by atoms with Gasteiger partial charge < -0.3 is 9.64 Å². The summed E-state index contributed by atoms with van der Waals surface area (Å²) in [4.78, 5) is 10.6. The van der Waals surface area contributed by atoms with Crippen LogP contribution in [-0.4, -0.2) is 34.3 Å². The molecule has 23 heavy (non-hydrogen) atoms. The predicted octanol–water partition coefficient (Wildman–Crippen LogP) is 2.58. The van der Waals surface area contributed by atoms with Gasteiger partial charge in [-0.15, -0.1) is 5.10 Å². The molecule has 0 aliphatic heterocycles. The maximum absolute atomic E-state index is 5.17. The van der Waals surface area contributed by atoms with Crippen molar-refractivity contribution in [3.05, 3.63) is 60.6 Å². The second-order valence-corrected chi connectivity index (χ2v) is 5.09. The van der Waals surface area contributed by atoms with E-state index in [-0.39, 0.29) is 0 Å². The summed E-state index contributed by atoms with van der Waals surface area (Å²) in [6.45, 7) is 0.668. The summed E-state index contributed by atoms with van der Waals surface area (Å²) in [6.07, 6.45) is 5.24. The number of pyridine rings is 1. The first kappa shape index (κ1) is 14.9. The molecule has 6 nitrogen and oxygen atoms in total. The molecule has 0 saturated heterocycles. The highest BCUT2D eigenvalue weighted by Gasteiger charge is 2.09. The van der Waals surface area contributed by atoms with Crippen LogP contribution < -0.4 is 9.64 Å². The highest BCUT2D eigenvalue weighted by atomic mass is 16.5. The zero-order chi connectivity index (χ0) is 16.1. The van der Waals surface area contributed by atoms with Crippen molar-refractivity contribution in [2.24, 2.45) is 0 Å². The van der Waals surface area contributed by atoms with Crippen molar-refractivity contribution < 1.29 is 4.74 Å². The van der Waals surface area contributed by atoms with Gasteiger partial charge in [0.05, 0.1) is 19.0 Å². The lowest BCUT2D eigenvalue weighted by atomic mass is 10.1. The van der Waals surface area contributed by atoms with E-state index in [0.717, 1.165) is 22.6 Å². The summed E-state index contributed by atoms with van der Waals surface area (Å²) >= 11 is 0. The summed E-state index contributed by atoms with van der Waals surface area (Å²) in [5.41, 5.74) is 2.83. The molecular formula is C17H17N5O. The number of ether oxygens (including phenoxy) is 1. The molecule has 0 aliphatic carbocycles. The van der Waals surface area contributed by atoms with E-state index in [9.17, 15) is 0 Å². The summed E-state index contributed by atoms with van der Waals surface area (Å²) < 4.78 is 5.17. The third-order valence-corrected chi connectivity index (χ3v) is 3.42. The van der Waals surface area contributed by atoms with Crippen molar-refractivity contribution in [2.45, 2.75) is 6.54 Å². The highest BCUT2D eigenvalue weighted by molar-refractivity contribution is 5.60. The molecule has 0 unspecified atom stereocenters. The van der Waals surface area contributed by atoms with E-state index in [0.29, 0.717) is 12.5 Å². The molecule has 0 spiro atoms. The summed E-state index contributed by atoms with van der Waals surface area (Å²) in [7, 11) is 3.58. The monoisotopic (exact) mass is 307 g/mol. The predicted molar refractivity (Wildman–Crippen MR) is 88.2 cm³/mol. The first-order valence-corrected chi connectivity index (χ1v) is 7.20. The number of benzene rings is 1. The zero-order valence-electron chi connectivity index (χ0n) is 13.0. The number of methoxy groups -OCH3 is 1. The Morgan fingerprint density at radius 2 is 1.91 bits per heavy atom. The van der Waals surface area contributed by atoms with Gasteiger partial charge in [-0.05, 0) is 35.9 Å². The molecule has 3 aromatic rings. The fraction of sp³-hybridized carbons (Fsp3) is 0.176. The Balaban J connectivity index is 1.81. The maximum atomic E-state index is 5.17. The van der Waals surface area contributed by atoms with Gasteiger partial charge in [0.2, 0.25) is 5.95 Å². The third-order valence-electron chi connectivity index (χ3n) is 3.42. The molecule has 0 atom stereocenters. The molecule has 3 rings (SSSR count). The molecule has 0 radical (unpaired) electrons. The lowest BCUT2D eigenvalue weighted by molar-refractivity contribution is 0.415. The van der Waals surface area contributed by atoms with Gasteiger partial charge in [-0.1, -0.05) is 6.07 Å². The van der Waals surface area contributed by atoms with Crippen LogP contribution in [0.25, 0.3) is 11.3 Å². The van der Waals surface area contributed by atoms with Crippen LogP contribution in [-0.2, 0) is 6.54 Å². The van der Waals surface area contributed by atoms with Crippen LogP contribution in [0.4, 0.5) is 5.95 Å². The lowest BCUT2D eigenvalue weighted by Gasteiger charge is -2.16. The quantitative estimate of drug-likeness (QED) is 0.722. The molecule has 0 aliphatic rings. The van der Waals surface area contributed by atoms with Crippen molar-refractivity contribution >= 4 is 5.95 Å².